The molecule has 0 spiro atoms. The number of amides is 1. The van der Waals surface area contributed by atoms with Gasteiger partial charge in [0, 0.05) is 43.9 Å². The fraction of sp³-hybridized carbons (Fsp3) is 0.450. The molecule has 7 nitrogen and oxygen atoms in total. The predicted molar refractivity (Wildman–Crippen MR) is 112 cm³/mol. The van der Waals surface area contributed by atoms with Crippen LogP contribution in [-0.4, -0.2) is 38.6 Å². The number of halogens is 2. The van der Waals surface area contributed by atoms with E-state index >= 15 is 0 Å². The van der Waals surface area contributed by atoms with E-state index in [9.17, 15) is 14.0 Å². The van der Waals surface area contributed by atoms with E-state index in [1.807, 2.05) is 6.92 Å². The Morgan fingerprint density at radius 3 is 2.90 bits per heavy atom. The molecule has 1 aliphatic rings. The third-order valence-electron chi connectivity index (χ3n) is 5.10. The molecule has 0 bridgehead atoms. The van der Waals surface area contributed by atoms with E-state index in [1.165, 1.54) is 27.3 Å². The summed E-state index contributed by atoms with van der Waals surface area (Å²) in [6.07, 6.45) is 8.97. The molecule has 3 heterocycles. The molecule has 1 fully saturated rings. The molecule has 2 aromatic rings. The molecule has 1 aliphatic heterocycles. The maximum atomic E-state index is 14.1. The van der Waals surface area contributed by atoms with Crippen molar-refractivity contribution in [3.05, 3.63) is 52.4 Å². The summed E-state index contributed by atoms with van der Waals surface area (Å²) in [5.41, 5.74) is 6.65. The van der Waals surface area contributed by atoms with Gasteiger partial charge in [0.1, 0.15) is 11.3 Å². The van der Waals surface area contributed by atoms with Gasteiger partial charge in [-0.1, -0.05) is 13.0 Å². The predicted octanol–water partition coefficient (Wildman–Crippen LogP) is 2.31. The number of nitrogens with two attached hydrogens (primary N) is 1. The van der Waals surface area contributed by atoms with Crippen molar-refractivity contribution in [1.82, 2.24) is 14.2 Å². The second-order valence-corrected chi connectivity index (χ2v) is 7.60. The summed E-state index contributed by atoms with van der Waals surface area (Å²) >= 11 is 5.55. The molecular formula is C20H25ClFN5O2. The van der Waals surface area contributed by atoms with Crippen LogP contribution in [0.2, 0.25) is 0 Å². The number of carbonyl (C=O) groups excluding carboxylic acids is 1. The van der Waals surface area contributed by atoms with Crippen molar-refractivity contribution in [3.63, 3.8) is 0 Å². The van der Waals surface area contributed by atoms with Gasteiger partial charge in [0.05, 0.1) is 6.04 Å². The summed E-state index contributed by atoms with van der Waals surface area (Å²) in [5.74, 6) is -0.0482. The lowest BCUT2D eigenvalue weighted by Crippen LogP contribution is -2.39. The van der Waals surface area contributed by atoms with Gasteiger partial charge in [-0.15, -0.1) is 16.7 Å². The number of nitrogens with zero attached hydrogens (tertiary/aromatic N) is 4. The first-order chi connectivity index (χ1) is 13.9. The third kappa shape index (κ3) is 4.28. The Hall–Kier alpha value is -2.45. The summed E-state index contributed by atoms with van der Waals surface area (Å²) in [6.45, 7) is 2.16. The average Bonchev–Trinajstić information content (AvgIpc) is 3.23. The van der Waals surface area contributed by atoms with E-state index in [4.69, 9.17) is 17.3 Å². The van der Waals surface area contributed by atoms with E-state index in [0.717, 1.165) is 0 Å². The fourth-order valence-corrected chi connectivity index (χ4v) is 3.78. The quantitative estimate of drug-likeness (QED) is 0.549. The second-order valence-electron chi connectivity index (χ2n) is 7.29. The molecule has 29 heavy (non-hydrogen) atoms. The number of aromatic nitrogens is 3. The van der Waals surface area contributed by atoms with E-state index < -0.39 is 5.83 Å². The fourth-order valence-electron chi connectivity index (χ4n) is 3.69. The second kappa shape index (κ2) is 8.92. The van der Waals surface area contributed by atoms with Crippen LogP contribution in [0, 0.1) is 5.92 Å². The van der Waals surface area contributed by atoms with Crippen LogP contribution in [0.15, 0.2) is 41.2 Å². The normalized spacial score (nSPS) is 19.1. The Morgan fingerprint density at radius 1 is 1.45 bits per heavy atom. The van der Waals surface area contributed by atoms with Crippen molar-refractivity contribution >= 4 is 28.8 Å². The van der Waals surface area contributed by atoms with E-state index in [0.29, 0.717) is 42.7 Å². The van der Waals surface area contributed by atoms with Gasteiger partial charge >= 0.3 is 0 Å². The highest BCUT2D eigenvalue weighted by Gasteiger charge is 2.35. The Labute approximate surface area is 173 Å². The minimum atomic E-state index is -0.402. The maximum Gasteiger partial charge on any atom is 0.276 e. The summed E-state index contributed by atoms with van der Waals surface area (Å²) in [4.78, 5) is 27.0. The lowest BCUT2D eigenvalue weighted by atomic mass is 10.00. The van der Waals surface area contributed by atoms with Crippen LogP contribution in [-0.2, 0) is 18.3 Å². The molecule has 2 aromatic heterocycles. The molecule has 2 unspecified atom stereocenters. The molecule has 0 aromatic carbocycles. The van der Waals surface area contributed by atoms with Gasteiger partial charge in [-0.3, -0.25) is 14.5 Å². The smallest absolute Gasteiger partial charge is 0.276 e. The number of rotatable bonds is 7. The summed E-state index contributed by atoms with van der Waals surface area (Å²) in [6, 6.07) is -0.163. The Bertz CT molecular complexity index is 1030. The monoisotopic (exact) mass is 421 g/mol. The molecule has 2 N–H and O–H groups in total. The zero-order valence-electron chi connectivity index (χ0n) is 16.5. The standard InChI is InChI=1S/C20H25ClFN5O2/c1-13(10-14(22)4-3-7-21)11-16-18-20(29)25(2)8-9-26(18)24-19(16)27-15(12-23)5-6-17(27)28/h3-4,8-10,13,15H,5-7,11-12,23H2,1-2H3/b4-3-,14-10+. The first kappa shape index (κ1) is 21.3. The van der Waals surface area contributed by atoms with E-state index in [1.54, 1.807) is 24.3 Å². The minimum Gasteiger partial charge on any atom is -0.328 e. The van der Waals surface area contributed by atoms with Gasteiger partial charge in [-0.05, 0) is 30.9 Å². The largest absolute Gasteiger partial charge is 0.328 e. The van der Waals surface area contributed by atoms with Crippen molar-refractivity contribution in [2.45, 2.75) is 32.2 Å². The van der Waals surface area contributed by atoms with Crippen LogP contribution in [0.4, 0.5) is 10.2 Å². The van der Waals surface area contributed by atoms with Crippen LogP contribution in [0.1, 0.15) is 25.3 Å². The molecule has 156 valence electrons. The lowest BCUT2D eigenvalue weighted by Gasteiger charge is -2.23. The Kier molecular flexibility index (Phi) is 6.54. The molecule has 0 saturated carbocycles. The summed E-state index contributed by atoms with van der Waals surface area (Å²) in [7, 11) is 1.66. The highest BCUT2D eigenvalue weighted by atomic mass is 35.5. The van der Waals surface area contributed by atoms with Crippen molar-refractivity contribution < 1.29 is 9.18 Å². The molecule has 0 aliphatic carbocycles. The lowest BCUT2D eigenvalue weighted by molar-refractivity contribution is -0.117. The highest BCUT2D eigenvalue weighted by Crippen LogP contribution is 2.31. The molecule has 0 radical (unpaired) electrons. The Morgan fingerprint density at radius 2 is 2.21 bits per heavy atom. The summed E-state index contributed by atoms with van der Waals surface area (Å²) in [5, 5.41) is 4.53. The van der Waals surface area contributed by atoms with Gasteiger partial charge in [0.15, 0.2) is 5.82 Å². The number of hydrogen-bond donors (Lipinski definition) is 1. The molecular weight excluding hydrogens is 397 g/mol. The first-order valence-corrected chi connectivity index (χ1v) is 10.1. The number of carbonyl (C=O) groups is 1. The molecule has 1 amide bonds. The third-order valence-corrected chi connectivity index (χ3v) is 5.28. The first-order valence-electron chi connectivity index (χ1n) is 9.56. The summed E-state index contributed by atoms with van der Waals surface area (Å²) < 4.78 is 17.0. The van der Waals surface area contributed by atoms with Crippen molar-refractivity contribution in [3.8, 4) is 0 Å². The number of alkyl halides is 1. The highest BCUT2D eigenvalue weighted by molar-refractivity contribution is 6.18. The number of fused-ring (bicyclic) bond motifs is 1. The zero-order chi connectivity index (χ0) is 21.1. The number of hydrogen-bond acceptors (Lipinski definition) is 4. The average molecular weight is 422 g/mol. The maximum absolute atomic E-state index is 14.1. The van der Waals surface area contributed by atoms with Crippen molar-refractivity contribution in [2.24, 2.45) is 18.7 Å². The van der Waals surface area contributed by atoms with Crippen molar-refractivity contribution in [1.29, 1.82) is 0 Å². The van der Waals surface area contributed by atoms with Gasteiger partial charge in [0.25, 0.3) is 5.56 Å². The van der Waals surface area contributed by atoms with Crippen molar-refractivity contribution in [2.75, 3.05) is 17.3 Å². The van der Waals surface area contributed by atoms with Crippen LogP contribution in [0.25, 0.3) is 5.52 Å². The number of aryl methyl sites for hydroxylation is 1. The molecule has 9 heteroatoms. The van der Waals surface area contributed by atoms with E-state index in [-0.39, 0.29) is 29.3 Å². The van der Waals surface area contributed by atoms with Gasteiger partial charge in [0.2, 0.25) is 5.91 Å². The van der Waals surface area contributed by atoms with Crippen LogP contribution >= 0.6 is 11.6 Å². The molecule has 3 rings (SSSR count). The van der Waals surface area contributed by atoms with Crippen LogP contribution in [0.3, 0.4) is 0 Å². The number of allylic oxidation sites excluding steroid dienone is 4. The van der Waals surface area contributed by atoms with E-state index in [2.05, 4.69) is 5.10 Å². The minimum absolute atomic E-state index is 0.0682. The SMILES string of the molecule is CC(/C=C(F)\C=C/CCl)Cc1c(N2C(=O)CCC2CN)nn2ccn(C)c(=O)c12. The van der Waals surface area contributed by atoms with Crippen LogP contribution < -0.4 is 16.2 Å². The van der Waals surface area contributed by atoms with Gasteiger partial charge < -0.3 is 10.3 Å². The number of anilines is 1. The van der Waals surface area contributed by atoms with Gasteiger partial charge in [-0.2, -0.15) is 0 Å². The molecule has 2 atom stereocenters. The zero-order valence-corrected chi connectivity index (χ0v) is 17.3. The topological polar surface area (TPSA) is 85.6 Å². The van der Waals surface area contributed by atoms with Crippen LogP contribution in [0.5, 0.6) is 0 Å². The molecule has 1 saturated heterocycles. The van der Waals surface area contributed by atoms with Gasteiger partial charge in [-0.25, -0.2) is 8.91 Å². The Balaban J connectivity index is 2.10.